The van der Waals surface area contributed by atoms with Crippen molar-refractivity contribution in [2.75, 3.05) is 26.4 Å². The summed E-state index contributed by atoms with van der Waals surface area (Å²) in [4.78, 5) is 13.1. The summed E-state index contributed by atoms with van der Waals surface area (Å²) in [7, 11) is 0. The monoisotopic (exact) mass is 960 g/mol. The number of aliphatic hydroxyl groups excluding tert-OH is 11. The van der Waals surface area contributed by atoms with Gasteiger partial charge in [0.2, 0.25) is 5.91 Å². The lowest BCUT2D eigenvalue weighted by atomic mass is 9.96. The van der Waals surface area contributed by atoms with Crippen LogP contribution < -0.4 is 5.32 Å². The maximum atomic E-state index is 13.1. The standard InChI is InChI=1S/C48H81NO18/c1-3-5-7-9-11-12-13-14-15-16-17-18-20-22-24-26-36(54)49-31(32(53)25-23-21-19-10-8-6-4-2)30-62-46-42(60)39(57)44(34(28-51)64-46)67-48-43(61)40(58)45(35(29-52)65-48)66-47-41(59)38(56)37(55)33(27-50)63-47/h5,7,11-12,14-15,17-18,22,24,31-35,37-48,50-53,55-61H,3-4,6,8-10,13,16,19-21,23,25-30H2,1-2H3,(H,49,54)/b7-5-,12-11-,15-14-,18-17-,24-22-. The highest BCUT2D eigenvalue weighted by molar-refractivity contribution is 5.77. The molecule has 0 radical (unpaired) electrons. The zero-order chi connectivity index (χ0) is 49.1. The normalized spacial score (nSPS) is 34.0. The number of rotatable bonds is 31. The van der Waals surface area contributed by atoms with Crippen LogP contribution in [0.1, 0.15) is 104 Å². The molecule has 17 atom stereocenters. The first-order valence-corrected chi connectivity index (χ1v) is 24.0. The lowest BCUT2D eigenvalue weighted by Gasteiger charge is -2.48. The predicted molar refractivity (Wildman–Crippen MR) is 245 cm³/mol. The van der Waals surface area contributed by atoms with Gasteiger partial charge in [0.25, 0.3) is 0 Å². The van der Waals surface area contributed by atoms with Gasteiger partial charge in [-0.2, -0.15) is 0 Å². The summed E-state index contributed by atoms with van der Waals surface area (Å²) in [6.45, 7) is 1.47. The molecule has 12 N–H and O–H groups in total. The van der Waals surface area contributed by atoms with Crippen LogP contribution >= 0.6 is 0 Å². The largest absolute Gasteiger partial charge is 0.394 e. The van der Waals surface area contributed by atoms with E-state index < -0.39 is 124 Å². The maximum Gasteiger partial charge on any atom is 0.224 e. The van der Waals surface area contributed by atoms with Crippen LogP contribution in [0.4, 0.5) is 0 Å². The topological polar surface area (TPSA) is 307 Å². The van der Waals surface area contributed by atoms with E-state index >= 15 is 0 Å². The van der Waals surface area contributed by atoms with Gasteiger partial charge in [0.1, 0.15) is 73.2 Å². The van der Waals surface area contributed by atoms with Crippen molar-refractivity contribution in [1.29, 1.82) is 0 Å². The quantitative estimate of drug-likeness (QED) is 0.0334. The summed E-state index contributed by atoms with van der Waals surface area (Å²) in [6.07, 6.45) is 5.47. The number of amides is 1. The highest BCUT2D eigenvalue weighted by Crippen LogP contribution is 2.33. The molecule has 0 spiro atoms. The van der Waals surface area contributed by atoms with Crippen molar-refractivity contribution in [2.45, 2.75) is 208 Å². The fourth-order valence-corrected chi connectivity index (χ4v) is 7.85. The van der Waals surface area contributed by atoms with Crippen molar-refractivity contribution in [3.05, 3.63) is 60.8 Å². The summed E-state index contributed by atoms with van der Waals surface area (Å²) in [5, 5.41) is 119. The lowest BCUT2D eigenvalue weighted by molar-refractivity contribution is -0.379. The number of aliphatic hydroxyl groups is 11. The van der Waals surface area contributed by atoms with E-state index in [0.29, 0.717) is 19.3 Å². The van der Waals surface area contributed by atoms with Crippen molar-refractivity contribution in [1.82, 2.24) is 5.32 Å². The van der Waals surface area contributed by atoms with Gasteiger partial charge in [0.05, 0.1) is 38.6 Å². The number of ether oxygens (including phenoxy) is 6. The summed E-state index contributed by atoms with van der Waals surface area (Å²) < 4.78 is 34.0. The molecular formula is C48H81NO18. The van der Waals surface area contributed by atoms with Gasteiger partial charge in [0.15, 0.2) is 18.9 Å². The third kappa shape index (κ3) is 19.7. The number of unbranched alkanes of at least 4 members (excludes halogenated alkanes) is 6. The highest BCUT2D eigenvalue weighted by Gasteiger charge is 2.53. The molecule has 386 valence electrons. The third-order valence-electron chi connectivity index (χ3n) is 11.9. The summed E-state index contributed by atoms with van der Waals surface area (Å²) in [6, 6.07) is -0.939. The van der Waals surface area contributed by atoms with Crippen LogP contribution in [0.2, 0.25) is 0 Å². The first-order chi connectivity index (χ1) is 32.3. The number of carbonyl (C=O) groups excluding carboxylic acids is 1. The minimum absolute atomic E-state index is 0.0303. The smallest absolute Gasteiger partial charge is 0.224 e. The summed E-state index contributed by atoms with van der Waals surface area (Å²) in [5.41, 5.74) is 0. The predicted octanol–water partition coefficient (Wildman–Crippen LogP) is 0.579. The zero-order valence-electron chi connectivity index (χ0n) is 39.1. The van der Waals surface area contributed by atoms with Crippen molar-refractivity contribution in [2.24, 2.45) is 0 Å². The Bertz CT molecular complexity index is 1480. The van der Waals surface area contributed by atoms with Crippen molar-refractivity contribution in [3.63, 3.8) is 0 Å². The van der Waals surface area contributed by atoms with Crippen LogP contribution in [0, 0.1) is 0 Å². The number of hydrogen-bond acceptors (Lipinski definition) is 18. The van der Waals surface area contributed by atoms with Gasteiger partial charge in [-0.25, -0.2) is 0 Å². The Balaban J connectivity index is 1.58. The van der Waals surface area contributed by atoms with Gasteiger partial charge < -0.3 is 89.9 Å². The van der Waals surface area contributed by atoms with Gasteiger partial charge in [-0.15, -0.1) is 0 Å². The number of nitrogens with one attached hydrogen (secondary N) is 1. The number of carbonyl (C=O) groups is 1. The molecule has 3 aliphatic heterocycles. The number of hydrogen-bond donors (Lipinski definition) is 12. The molecule has 17 unspecified atom stereocenters. The Morgan fingerprint density at radius 3 is 1.48 bits per heavy atom. The zero-order valence-corrected chi connectivity index (χ0v) is 39.1. The van der Waals surface area contributed by atoms with Crippen LogP contribution in [0.15, 0.2) is 60.8 Å². The molecule has 3 heterocycles. The number of allylic oxidation sites excluding steroid dienone is 9. The molecule has 0 saturated carbocycles. The van der Waals surface area contributed by atoms with Crippen LogP contribution in [-0.2, 0) is 33.2 Å². The van der Waals surface area contributed by atoms with Crippen LogP contribution in [-0.4, -0.2) is 193 Å². The molecule has 0 aromatic rings. The van der Waals surface area contributed by atoms with Gasteiger partial charge in [-0.3, -0.25) is 4.79 Å². The average molecular weight is 960 g/mol. The van der Waals surface area contributed by atoms with E-state index in [1.807, 2.05) is 18.2 Å². The van der Waals surface area contributed by atoms with E-state index in [2.05, 4.69) is 55.6 Å². The van der Waals surface area contributed by atoms with E-state index in [9.17, 15) is 61.0 Å². The van der Waals surface area contributed by atoms with E-state index in [0.717, 1.165) is 64.2 Å². The van der Waals surface area contributed by atoms with Crippen LogP contribution in [0.3, 0.4) is 0 Å². The Hall–Kier alpha value is -2.51. The second-order valence-electron chi connectivity index (χ2n) is 17.2. The molecule has 0 aromatic carbocycles. The van der Waals surface area contributed by atoms with Crippen molar-refractivity contribution < 1.29 is 89.4 Å². The first kappa shape index (κ1) is 58.8. The Labute approximate surface area is 395 Å². The van der Waals surface area contributed by atoms with E-state index in [1.165, 1.54) is 0 Å². The molecular weight excluding hydrogens is 879 g/mol. The first-order valence-electron chi connectivity index (χ1n) is 24.0. The van der Waals surface area contributed by atoms with Gasteiger partial charge >= 0.3 is 0 Å². The molecule has 19 heteroatoms. The van der Waals surface area contributed by atoms with Gasteiger partial charge in [0, 0.05) is 6.42 Å². The van der Waals surface area contributed by atoms with Gasteiger partial charge in [-0.05, 0) is 38.5 Å². The molecule has 0 bridgehead atoms. The third-order valence-corrected chi connectivity index (χ3v) is 11.9. The fraction of sp³-hybridized carbons (Fsp3) is 0.771. The Morgan fingerprint density at radius 1 is 0.537 bits per heavy atom. The van der Waals surface area contributed by atoms with Crippen LogP contribution in [0.5, 0.6) is 0 Å². The average Bonchev–Trinajstić information content (AvgIpc) is 3.32. The molecule has 3 rings (SSSR count). The molecule has 3 saturated heterocycles. The Morgan fingerprint density at radius 2 is 0.970 bits per heavy atom. The Kier molecular flexibility index (Phi) is 29.1. The van der Waals surface area contributed by atoms with Gasteiger partial charge in [-0.1, -0.05) is 120 Å². The summed E-state index contributed by atoms with van der Waals surface area (Å²) >= 11 is 0. The second kappa shape index (κ2) is 33.1. The molecule has 1 amide bonds. The minimum atomic E-state index is -1.98. The minimum Gasteiger partial charge on any atom is -0.394 e. The van der Waals surface area contributed by atoms with Crippen LogP contribution in [0.25, 0.3) is 0 Å². The van der Waals surface area contributed by atoms with Crippen molar-refractivity contribution in [3.8, 4) is 0 Å². The second-order valence-corrected chi connectivity index (χ2v) is 17.2. The maximum absolute atomic E-state index is 13.1. The molecule has 3 aliphatic rings. The molecule has 0 aliphatic carbocycles. The lowest BCUT2D eigenvalue weighted by Crippen LogP contribution is -2.66. The molecule has 3 fully saturated rings. The fourth-order valence-electron chi connectivity index (χ4n) is 7.85. The van der Waals surface area contributed by atoms with E-state index in [4.69, 9.17) is 28.4 Å². The molecule has 67 heavy (non-hydrogen) atoms. The van der Waals surface area contributed by atoms with Crippen molar-refractivity contribution >= 4 is 5.91 Å². The van der Waals surface area contributed by atoms with E-state index in [-0.39, 0.29) is 18.9 Å². The summed E-state index contributed by atoms with van der Waals surface area (Å²) in [5.74, 6) is -0.379. The molecule has 0 aromatic heterocycles. The SMILES string of the molecule is CC/C=C\C/C=C\C/C=C\C/C=C\C/C=C\CC(=O)NC(COC1OC(CO)C(OC2OC(CO)C(OC3OC(CO)C(O)C(O)C3O)C(O)C2O)C(O)C1O)C(O)CCCCCCCCC. The highest BCUT2D eigenvalue weighted by atomic mass is 16.8. The molecule has 19 nitrogen and oxygen atoms in total. The van der Waals surface area contributed by atoms with E-state index in [1.54, 1.807) is 6.08 Å².